The molecule has 65 valence electrons. The van der Waals surface area contributed by atoms with Crippen molar-refractivity contribution in [1.82, 2.24) is 9.38 Å². The Morgan fingerprint density at radius 2 is 2.15 bits per heavy atom. The van der Waals surface area contributed by atoms with E-state index in [2.05, 4.69) is 11.1 Å². The van der Waals surface area contributed by atoms with Gasteiger partial charge in [0.2, 0.25) is 0 Å². The van der Waals surface area contributed by atoms with Gasteiger partial charge in [0.05, 0.1) is 5.69 Å². The Hall–Kier alpha value is 0.482. The Labute approximate surface area is 118 Å². The first-order valence-electron chi connectivity index (χ1n) is 3.18. The van der Waals surface area contributed by atoms with Gasteiger partial charge in [0, 0.05) is 44.6 Å². The molecule has 2 aromatic heterocycles. The first-order valence-corrected chi connectivity index (χ1v) is 3.18. The van der Waals surface area contributed by atoms with Crippen LogP contribution in [-0.4, -0.2) is 9.38 Å². The van der Waals surface area contributed by atoms with E-state index in [-0.39, 0.29) is 61.2 Å². The molecule has 4 heteroatoms. The van der Waals surface area contributed by atoms with Crippen molar-refractivity contribution in [2.24, 2.45) is 0 Å². The maximum Gasteiger partial charge on any atom is 2.00 e. The van der Waals surface area contributed by atoms with Crippen LogP contribution in [0.25, 0.3) is 5.65 Å². The van der Waals surface area contributed by atoms with E-state index in [0.717, 1.165) is 11.3 Å². The summed E-state index contributed by atoms with van der Waals surface area (Å²) in [7, 11) is 0. The summed E-state index contributed by atoms with van der Waals surface area (Å²) in [5, 5.41) is 0. The Balaban J connectivity index is 0. The minimum absolute atomic E-state index is 0. The standard InChI is InChI=1S/C8H7N2.CH3.W.Y/c1-7-6-10-5-3-2-4-8(10)9-7;;;/h2-3,5-6H,1H3;1H3;;/q2*-1;+2;. The van der Waals surface area contributed by atoms with Crippen LogP contribution in [0, 0.1) is 20.4 Å². The van der Waals surface area contributed by atoms with Crippen LogP contribution in [0.3, 0.4) is 0 Å². The fraction of sp³-hybridized carbons (Fsp3) is 0.111. The molecule has 0 spiro atoms. The summed E-state index contributed by atoms with van der Waals surface area (Å²) in [5.41, 5.74) is 1.92. The number of imidazole rings is 1. The normalized spacial score (nSPS) is 8.08. The van der Waals surface area contributed by atoms with Gasteiger partial charge in [-0.05, 0) is 6.92 Å². The quantitative estimate of drug-likeness (QED) is 0.597. The van der Waals surface area contributed by atoms with Crippen molar-refractivity contribution in [3.05, 3.63) is 43.7 Å². The number of fused-ring (bicyclic) bond motifs is 1. The molecule has 13 heavy (non-hydrogen) atoms. The smallest absolute Gasteiger partial charge is 0.358 e. The molecule has 0 aromatic carbocycles. The zero-order chi connectivity index (χ0) is 6.97. The minimum Gasteiger partial charge on any atom is -0.358 e. The van der Waals surface area contributed by atoms with Crippen molar-refractivity contribution in [1.29, 1.82) is 0 Å². The first-order chi connectivity index (χ1) is 4.86. The van der Waals surface area contributed by atoms with Crippen molar-refractivity contribution < 1.29 is 53.8 Å². The van der Waals surface area contributed by atoms with Crippen molar-refractivity contribution in [3.63, 3.8) is 0 Å². The van der Waals surface area contributed by atoms with Crippen LogP contribution in [0.15, 0.2) is 24.5 Å². The zero-order valence-corrected chi connectivity index (χ0v) is 13.5. The fourth-order valence-corrected chi connectivity index (χ4v) is 0.995. The van der Waals surface area contributed by atoms with Gasteiger partial charge in [-0.3, -0.25) is 4.98 Å². The number of aromatic nitrogens is 2. The van der Waals surface area contributed by atoms with Gasteiger partial charge in [0.25, 0.3) is 0 Å². The predicted molar refractivity (Wildman–Crippen MR) is 45.2 cm³/mol. The third-order valence-electron chi connectivity index (χ3n) is 1.41. The Morgan fingerprint density at radius 3 is 2.77 bits per heavy atom. The molecule has 0 unspecified atom stereocenters. The average molecular weight is 419 g/mol. The van der Waals surface area contributed by atoms with E-state index >= 15 is 0 Å². The summed E-state index contributed by atoms with van der Waals surface area (Å²) in [4.78, 5) is 4.22. The summed E-state index contributed by atoms with van der Waals surface area (Å²) < 4.78 is 1.95. The van der Waals surface area contributed by atoms with Gasteiger partial charge in [0.1, 0.15) is 0 Å². The van der Waals surface area contributed by atoms with Gasteiger partial charge < -0.3 is 11.8 Å². The summed E-state index contributed by atoms with van der Waals surface area (Å²) >= 11 is 0. The van der Waals surface area contributed by atoms with Gasteiger partial charge in [-0.15, -0.1) is 0 Å². The van der Waals surface area contributed by atoms with Crippen LogP contribution in [-0.2, 0) is 53.8 Å². The molecule has 0 bridgehead atoms. The molecule has 2 aromatic rings. The molecule has 0 N–H and O–H groups in total. The Kier molecular flexibility index (Phi) is 8.41. The molecule has 0 aliphatic rings. The largest absolute Gasteiger partial charge is 2.00 e. The topological polar surface area (TPSA) is 17.3 Å². The van der Waals surface area contributed by atoms with Crippen LogP contribution in [0.5, 0.6) is 0 Å². The maximum atomic E-state index is 4.22. The van der Waals surface area contributed by atoms with Gasteiger partial charge in [-0.1, -0.05) is 6.20 Å². The van der Waals surface area contributed by atoms with Gasteiger partial charge in [0.15, 0.2) is 0 Å². The molecule has 0 atom stereocenters. The molecule has 0 aliphatic heterocycles. The zero-order valence-electron chi connectivity index (χ0n) is 7.69. The van der Waals surface area contributed by atoms with E-state index in [1.54, 1.807) is 0 Å². The molecular formula is C9H10N2WY. The number of hydrogen-bond acceptors (Lipinski definition) is 1. The molecule has 2 rings (SSSR count). The second-order valence-electron chi connectivity index (χ2n) is 2.27. The number of hydrogen-bond donors (Lipinski definition) is 0. The number of rotatable bonds is 0. The van der Waals surface area contributed by atoms with Gasteiger partial charge >= 0.3 is 21.1 Å². The molecule has 0 saturated carbocycles. The van der Waals surface area contributed by atoms with Crippen LogP contribution in [0.2, 0.25) is 0 Å². The summed E-state index contributed by atoms with van der Waals surface area (Å²) in [6, 6.07) is 6.82. The van der Waals surface area contributed by atoms with Crippen LogP contribution >= 0.6 is 0 Å². The summed E-state index contributed by atoms with van der Waals surface area (Å²) in [6.45, 7) is 1.97. The average Bonchev–Trinajstić information content (AvgIpc) is 2.27. The molecule has 1 radical (unpaired) electrons. The minimum atomic E-state index is 0. The molecule has 2 nitrogen and oxygen atoms in total. The second kappa shape index (κ2) is 6.87. The maximum absolute atomic E-state index is 4.22. The predicted octanol–water partition coefficient (Wildman–Crippen LogP) is 1.89. The van der Waals surface area contributed by atoms with E-state index < -0.39 is 0 Å². The molecular weight excluding hydrogens is 409 g/mol. The first kappa shape index (κ1) is 15.9. The monoisotopic (exact) mass is 419 g/mol. The third-order valence-corrected chi connectivity index (χ3v) is 1.41. The summed E-state index contributed by atoms with van der Waals surface area (Å²) in [5.74, 6) is 0. The van der Waals surface area contributed by atoms with Gasteiger partial charge in [-0.2, -0.15) is 6.07 Å². The van der Waals surface area contributed by atoms with Crippen LogP contribution in [0.1, 0.15) is 5.69 Å². The third kappa shape index (κ3) is 3.61. The molecule has 0 amide bonds. The van der Waals surface area contributed by atoms with E-state index in [9.17, 15) is 0 Å². The van der Waals surface area contributed by atoms with E-state index in [1.165, 1.54) is 0 Å². The Bertz CT molecular complexity index is 326. The second-order valence-corrected chi connectivity index (χ2v) is 2.27. The van der Waals surface area contributed by atoms with E-state index in [4.69, 9.17) is 0 Å². The number of aryl methyl sites for hydroxylation is 1. The fourth-order valence-electron chi connectivity index (χ4n) is 0.995. The van der Waals surface area contributed by atoms with Crippen molar-refractivity contribution in [3.8, 4) is 0 Å². The SMILES string of the molecule is Cc1cn2ccc[c-]c2n1.[CH3-].[W+2].[Y]. The Morgan fingerprint density at radius 1 is 1.46 bits per heavy atom. The van der Waals surface area contributed by atoms with Crippen molar-refractivity contribution in [2.45, 2.75) is 6.92 Å². The van der Waals surface area contributed by atoms with Crippen LogP contribution in [0.4, 0.5) is 0 Å². The van der Waals surface area contributed by atoms with Crippen molar-refractivity contribution >= 4 is 5.65 Å². The van der Waals surface area contributed by atoms with Crippen molar-refractivity contribution in [2.75, 3.05) is 0 Å². The van der Waals surface area contributed by atoms with E-state index in [0.29, 0.717) is 0 Å². The molecule has 0 fully saturated rings. The summed E-state index contributed by atoms with van der Waals surface area (Å²) in [6.07, 6.45) is 3.94. The molecule has 0 saturated heterocycles. The van der Waals surface area contributed by atoms with E-state index in [1.807, 2.05) is 35.9 Å². The molecule has 0 aliphatic carbocycles. The van der Waals surface area contributed by atoms with Crippen LogP contribution < -0.4 is 0 Å². The number of nitrogens with zero attached hydrogens (tertiary/aromatic N) is 2. The molecule has 2 heterocycles. The number of pyridine rings is 1. The van der Waals surface area contributed by atoms with Gasteiger partial charge in [-0.25, -0.2) is 12.1 Å².